The van der Waals surface area contributed by atoms with E-state index in [9.17, 15) is 4.79 Å². The standard InChI is InChI=1S/C9H7N3OS2/c1-2-6-5-11-8(15-6)7(13)12-9-10-3-4-14-9/h2-5H,1H2,(H,10,12,13). The van der Waals surface area contributed by atoms with Crippen LogP contribution in [0, 0.1) is 0 Å². The first-order valence-corrected chi connectivity index (χ1v) is 5.78. The smallest absolute Gasteiger partial charge is 0.286 e. The molecule has 15 heavy (non-hydrogen) atoms. The Kier molecular flexibility index (Phi) is 2.89. The van der Waals surface area contributed by atoms with Crippen molar-refractivity contribution in [2.45, 2.75) is 0 Å². The van der Waals surface area contributed by atoms with Crippen LogP contribution in [0.15, 0.2) is 24.4 Å². The zero-order valence-electron chi connectivity index (χ0n) is 7.64. The number of hydrogen-bond acceptors (Lipinski definition) is 5. The van der Waals surface area contributed by atoms with Crippen LogP contribution in [0.3, 0.4) is 0 Å². The summed E-state index contributed by atoms with van der Waals surface area (Å²) >= 11 is 2.67. The molecule has 0 saturated heterocycles. The first-order chi connectivity index (χ1) is 7.29. The fourth-order valence-corrected chi connectivity index (χ4v) is 2.11. The van der Waals surface area contributed by atoms with Gasteiger partial charge in [0.05, 0.1) is 0 Å². The summed E-state index contributed by atoms with van der Waals surface area (Å²) in [6.07, 6.45) is 4.92. The Labute approximate surface area is 94.3 Å². The van der Waals surface area contributed by atoms with Crippen molar-refractivity contribution >= 4 is 39.8 Å². The maximum atomic E-state index is 11.6. The van der Waals surface area contributed by atoms with E-state index in [-0.39, 0.29) is 5.91 Å². The predicted molar refractivity (Wildman–Crippen MR) is 62.3 cm³/mol. The monoisotopic (exact) mass is 237 g/mol. The van der Waals surface area contributed by atoms with Crippen LogP contribution >= 0.6 is 22.7 Å². The number of hydrogen-bond donors (Lipinski definition) is 1. The van der Waals surface area contributed by atoms with Crippen molar-refractivity contribution in [2.24, 2.45) is 0 Å². The molecule has 0 radical (unpaired) electrons. The Morgan fingerprint density at radius 1 is 1.53 bits per heavy atom. The van der Waals surface area contributed by atoms with E-state index in [1.165, 1.54) is 22.7 Å². The quantitative estimate of drug-likeness (QED) is 0.892. The van der Waals surface area contributed by atoms with Crippen LogP contribution in [0.25, 0.3) is 6.08 Å². The summed E-state index contributed by atoms with van der Waals surface area (Å²) in [6, 6.07) is 0. The molecule has 0 aliphatic rings. The molecule has 0 saturated carbocycles. The molecule has 2 rings (SSSR count). The average molecular weight is 237 g/mol. The second-order valence-electron chi connectivity index (χ2n) is 2.56. The molecular weight excluding hydrogens is 230 g/mol. The highest BCUT2D eigenvalue weighted by Crippen LogP contribution is 2.17. The van der Waals surface area contributed by atoms with E-state index < -0.39 is 0 Å². The molecule has 0 bridgehead atoms. The molecule has 2 aromatic rings. The Bertz CT molecular complexity index is 475. The van der Waals surface area contributed by atoms with Crippen molar-refractivity contribution in [3.63, 3.8) is 0 Å². The number of anilines is 1. The second kappa shape index (κ2) is 4.33. The van der Waals surface area contributed by atoms with Crippen LogP contribution in [-0.4, -0.2) is 15.9 Å². The van der Waals surface area contributed by atoms with Gasteiger partial charge in [-0.1, -0.05) is 12.7 Å². The Hall–Kier alpha value is -1.53. The van der Waals surface area contributed by atoms with Gasteiger partial charge in [0.25, 0.3) is 5.91 Å². The number of rotatable bonds is 3. The summed E-state index contributed by atoms with van der Waals surface area (Å²) in [5.74, 6) is -0.233. The lowest BCUT2D eigenvalue weighted by molar-refractivity contribution is 0.102. The van der Waals surface area contributed by atoms with E-state index in [0.717, 1.165) is 4.88 Å². The van der Waals surface area contributed by atoms with E-state index >= 15 is 0 Å². The normalized spacial score (nSPS) is 9.87. The third-order valence-corrected chi connectivity index (χ3v) is 3.25. The van der Waals surface area contributed by atoms with Crippen LogP contribution in [0.5, 0.6) is 0 Å². The van der Waals surface area contributed by atoms with Crippen molar-refractivity contribution < 1.29 is 4.79 Å². The highest BCUT2D eigenvalue weighted by Gasteiger charge is 2.11. The topological polar surface area (TPSA) is 54.9 Å². The lowest BCUT2D eigenvalue weighted by Crippen LogP contribution is -2.10. The largest absolute Gasteiger partial charge is 0.296 e. The highest BCUT2D eigenvalue weighted by molar-refractivity contribution is 7.15. The third kappa shape index (κ3) is 2.28. The molecule has 76 valence electrons. The van der Waals surface area contributed by atoms with E-state index in [2.05, 4.69) is 21.9 Å². The SMILES string of the molecule is C=Cc1cnc(C(=O)Nc2nccs2)s1. The van der Waals surface area contributed by atoms with Crippen LogP contribution in [0.1, 0.15) is 14.7 Å². The molecule has 0 fully saturated rings. The highest BCUT2D eigenvalue weighted by atomic mass is 32.1. The van der Waals surface area contributed by atoms with Crippen molar-refractivity contribution in [3.05, 3.63) is 34.2 Å². The fourth-order valence-electron chi connectivity index (χ4n) is 0.922. The zero-order chi connectivity index (χ0) is 10.7. The molecule has 0 unspecified atom stereocenters. The van der Waals surface area contributed by atoms with E-state index in [1.807, 2.05) is 0 Å². The van der Waals surface area contributed by atoms with E-state index in [4.69, 9.17) is 0 Å². The first-order valence-electron chi connectivity index (χ1n) is 4.08. The predicted octanol–water partition coefficient (Wildman–Crippen LogP) is 2.49. The van der Waals surface area contributed by atoms with Gasteiger partial charge in [-0.25, -0.2) is 9.97 Å². The minimum absolute atomic E-state index is 0.233. The number of nitrogens with one attached hydrogen (secondary N) is 1. The summed E-state index contributed by atoms with van der Waals surface area (Å²) in [6.45, 7) is 3.61. The number of carbonyl (C=O) groups excluding carboxylic acids is 1. The molecule has 0 spiro atoms. The van der Waals surface area contributed by atoms with Crippen molar-refractivity contribution in [3.8, 4) is 0 Å². The number of aromatic nitrogens is 2. The molecule has 6 heteroatoms. The maximum Gasteiger partial charge on any atom is 0.286 e. The summed E-state index contributed by atoms with van der Waals surface area (Å²) in [5.41, 5.74) is 0. The minimum atomic E-state index is -0.233. The molecule has 0 aliphatic heterocycles. The first kappa shape index (κ1) is 10.0. The average Bonchev–Trinajstić information content (AvgIpc) is 2.86. The number of amides is 1. The van der Waals surface area contributed by atoms with Crippen molar-refractivity contribution in [1.29, 1.82) is 0 Å². The van der Waals surface area contributed by atoms with Gasteiger partial charge in [0.1, 0.15) is 0 Å². The van der Waals surface area contributed by atoms with Crippen LogP contribution in [0.2, 0.25) is 0 Å². The number of thiazole rings is 2. The Morgan fingerprint density at radius 2 is 2.40 bits per heavy atom. The lowest BCUT2D eigenvalue weighted by Gasteiger charge is -1.95. The fraction of sp³-hybridized carbons (Fsp3) is 0. The lowest BCUT2D eigenvalue weighted by atomic mass is 10.5. The number of nitrogens with zero attached hydrogens (tertiary/aromatic N) is 2. The van der Waals surface area contributed by atoms with Gasteiger partial charge in [-0.15, -0.1) is 22.7 Å². The van der Waals surface area contributed by atoms with Gasteiger partial charge in [0.15, 0.2) is 10.1 Å². The van der Waals surface area contributed by atoms with Gasteiger partial charge in [-0.3, -0.25) is 10.1 Å². The van der Waals surface area contributed by atoms with Crippen LogP contribution in [0.4, 0.5) is 5.13 Å². The summed E-state index contributed by atoms with van der Waals surface area (Å²) in [7, 11) is 0. The summed E-state index contributed by atoms with van der Waals surface area (Å²) in [5, 5.41) is 5.45. The third-order valence-electron chi connectivity index (χ3n) is 1.57. The zero-order valence-corrected chi connectivity index (χ0v) is 9.27. The van der Waals surface area contributed by atoms with Crippen LogP contribution in [-0.2, 0) is 0 Å². The second-order valence-corrected chi connectivity index (χ2v) is 4.52. The van der Waals surface area contributed by atoms with Gasteiger partial charge in [-0.05, 0) is 0 Å². The molecule has 0 aliphatic carbocycles. The van der Waals surface area contributed by atoms with Crippen LogP contribution < -0.4 is 5.32 Å². The molecule has 2 aromatic heterocycles. The van der Waals surface area contributed by atoms with Gasteiger partial charge in [-0.2, -0.15) is 0 Å². The molecular formula is C9H7N3OS2. The Balaban J connectivity index is 2.11. The molecule has 1 N–H and O–H groups in total. The van der Waals surface area contributed by atoms with Crippen molar-refractivity contribution in [2.75, 3.05) is 5.32 Å². The van der Waals surface area contributed by atoms with Gasteiger partial charge < -0.3 is 0 Å². The molecule has 1 amide bonds. The van der Waals surface area contributed by atoms with Gasteiger partial charge >= 0.3 is 0 Å². The Morgan fingerprint density at radius 3 is 3.00 bits per heavy atom. The molecule has 0 atom stereocenters. The molecule has 2 heterocycles. The van der Waals surface area contributed by atoms with E-state index in [1.54, 1.807) is 23.8 Å². The molecule has 0 aromatic carbocycles. The summed E-state index contributed by atoms with van der Waals surface area (Å²) < 4.78 is 0. The number of carbonyl (C=O) groups is 1. The van der Waals surface area contributed by atoms with Gasteiger partial charge in [0.2, 0.25) is 0 Å². The minimum Gasteiger partial charge on any atom is -0.296 e. The van der Waals surface area contributed by atoms with Crippen molar-refractivity contribution in [1.82, 2.24) is 9.97 Å². The van der Waals surface area contributed by atoms with E-state index in [0.29, 0.717) is 10.1 Å². The summed E-state index contributed by atoms with van der Waals surface area (Å²) in [4.78, 5) is 20.4. The van der Waals surface area contributed by atoms with Gasteiger partial charge in [0, 0.05) is 22.7 Å². The maximum absolute atomic E-state index is 11.6. The molecule has 4 nitrogen and oxygen atoms in total.